The largest absolute Gasteiger partial charge is 0.383 e. The summed E-state index contributed by atoms with van der Waals surface area (Å²) in [5.74, 6) is 0.0694. The van der Waals surface area contributed by atoms with E-state index >= 15 is 0 Å². The zero-order valence-corrected chi connectivity index (χ0v) is 14.3. The first-order valence-corrected chi connectivity index (χ1v) is 8.38. The molecule has 9 heteroatoms. The number of hydrogen-bond donors (Lipinski definition) is 3. The first kappa shape index (κ1) is 17.7. The van der Waals surface area contributed by atoms with Crippen molar-refractivity contribution in [3.05, 3.63) is 50.2 Å². The van der Waals surface area contributed by atoms with E-state index in [1.54, 1.807) is 12.1 Å². The zero-order valence-electron chi connectivity index (χ0n) is 11.9. The molecule has 1 aromatic heterocycles. The van der Waals surface area contributed by atoms with Crippen molar-refractivity contribution < 1.29 is 4.79 Å². The molecule has 1 amide bonds. The lowest BCUT2D eigenvalue weighted by Crippen LogP contribution is -2.27. The van der Waals surface area contributed by atoms with Crippen LogP contribution in [0.15, 0.2) is 34.2 Å². The molecule has 2 rings (SSSR count). The molecule has 0 radical (unpaired) electrons. The van der Waals surface area contributed by atoms with Crippen molar-refractivity contribution in [2.75, 3.05) is 18.0 Å². The van der Waals surface area contributed by atoms with Gasteiger partial charge in [-0.15, -0.1) is 0 Å². The van der Waals surface area contributed by atoms with Crippen LogP contribution in [0.3, 0.4) is 0 Å². The van der Waals surface area contributed by atoms with Crippen molar-refractivity contribution in [1.29, 1.82) is 0 Å². The Morgan fingerprint density at radius 2 is 2.13 bits per heavy atom. The van der Waals surface area contributed by atoms with Crippen LogP contribution in [0.2, 0.25) is 10.0 Å². The minimum absolute atomic E-state index is 0.119. The highest BCUT2D eigenvalue weighted by Crippen LogP contribution is 2.21. The quantitative estimate of drug-likeness (QED) is 0.532. The second-order valence-electron chi connectivity index (χ2n) is 4.60. The summed E-state index contributed by atoms with van der Waals surface area (Å²) in [6.07, 6.45) is 0.597. The van der Waals surface area contributed by atoms with Gasteiger partial charge in [-0.3, -0.25) is 9.59 Å². The number of hydrogen-bond acceptors (Lipinski definition) is 5. The molecule has 0 bridgehead atoms. The summed E-state index contributed by atoms with van der Waals surface area (Å²) >= 11 is 13.0. The molecule has 2 aromatic rings. The summed E-state index contributed by atoms with van der Waals surface area (Å²) in [4.78, 5) is 29.4. The molecule has 0 saturated carbocycles. The van der Waals surface area contributed by atoms with Crippen LogP contribution in [-0.2, 0) is 11.2 Å². The van der Waals surface area contributed by atoms with Gasteiger partial charge in [0.15, 0.2) is 5.16 Å². The molecule has 0 unspecified atom stereocenters. The lowest BCUT2D eigenvalue weighted by molar-refractivity contribution is -0.118. The molecule has 0 aliphatic heterocycles. The number of H-pyrrole nitrogens is 1. The zero-order chi connectivity index (χ0) is 16.8. The average molecular weight is 373 g/mol. The van der Waals surface area contributed by atoms with Gasteiger partial charge in [0.1, 0.15) is 5.82 Å². The third-order valence-electron chi connectivity index (χ3n) is 2.81. The predicted molar refractivity (Wildman–Crippen MR) is 93.2 cm³/mol. The summed E-state index contributed by atoms with van der Waals surface area (Å²) in [6, 6.07) is 6.42. The highest BCUT2D eigenvalue weighted by Gasteiger charge is 2.06. The fourth-order valence-corrected chi connectivity index (χ4v) is 2.98. The van der Waals surface area contributed by atoms with Gasteiger partial charge in [-0.2, -0.15) is 0 Å². The fraction of sp³-hybridized carbons (Fsp3) is 0.214. The molecule has 1 heterocycles. The number of rotatable bonds is 6. The maximum absolute atomic E-state index is 11.8. The van der Waals surface area contributed by atoms with Crippen molar-refractivity contribution >= 4 is 46.7 Å². The molecule has 0 spiro atoms. The van der Waals surface area contributed by atoms with Gasteiger partial charge in [-0.05, 0) is 24.1 Å². The van der Waals surface area contributed by atoms with Crippen LogP contribution in [-0.4, -0.2) is 28.2 Å². The number of carbonyl (C=O) groups is 1. The first-order chi connectivity index (χ1) is 10.9. The van der Waals surface area contributed by atoms with Gasteiger partial charge in [0.05, 0.1) is 5.75 Å². The normalized spacial score (nSPS) is 10.5. The van der Waals surface area contributed by atoms with Gasteiger partial charge in [-0.1, -0.05) is 41.0 Å². The Morgan fingerprint density at radius 3 is 2.83 bits per heavy atom. The Hall–Kier alpha value is -1.70. The summed E-state index contributed by atoms with van der Waals surface area (Å²) in [5.41, 5.74) is 6.03. The number of nitrogens with zero attached hydrogens (tertiary/aromatic N) is 1. The lowest BCUT2D eigenvalue weighted by Gasteiger charge is -2.07. The molecule has 6 nitrogen and oxygen atoms in total. The van der Waals surface area contributed by atoms with Gasteiger partial charge in [0.25, 0.3) is 5.56 Å². The number of thioether (sulfide) groups is 1. The highest BCUT2D eigenvalue weighted by atomic mass is 35.5. The van der Waals surface area contributed by atoms with E-state index < -0.39 is 0 Å². The molecule has 4 N–H and O–H groups in total. The van der Waals surface area contributed by atoms with Crippen LogP contribution in [0.5, 0.6) is 0 Å². The van der Waals surface area contributed by atoms with Crippen LogP contribution in [0.1, 0.15) is 5.56 Å². The first-order valence-electron chi connectivity index (χ1n) is 6.64. The number of aromatic amines is 1. The van der Waals surface area contributed by atoms with E-state index in [0.29, 0.717) is 28.2 Å². The maximum atomic E-state index is 11.8. The van der Waals surface area contributed by atoms with Gasteiger partial charge >= 0.3 is 0 Å². The Labute approximate surface area is 146 Å². The second-order valence-corrected chi connectivity index (χ2v) is 6.41. The minimum atomic E-state index is -0.349. The number of amides is 1. The number of aromatic nitrogens is 2. The summed E-state index contributed by atoms with van der Waals surface area (Å²) in [6.45, 7) is 0.446. The number of carbonyl (C=O) groups excluding carboxylic acids is 1. The molecule has 1 aromatic carbocycles. The van der Waals surface area contributed by atoms with E-state index in [0.717, 1.165) is 17.3 Å². The Balaban J connectivity index is 1.78. The van der Waals surface area contributed by atoms with Gasteiger partial charge in [0, 0.05) is 22.7 Å². The molecule has 0 aliphatic rings. The third-order valence-corrected chi connectivity index (χ3v) is 4.27. The van der Waals surface area contributed by atoms with Crippen LogP contribution in [0.25, 0.3) is 0 Å². The number of nitrogens with two attached hydrogens (primary N) is 1. The van der Waals surface area contributed by atoms with Crippen LogP contribution < -0.4 is 16.6 Å². The Kier molecular flexibility index (Phi) is 6.32. The topological polar surface area (TPSA) is 101 Å². The van der Waals surface area contributed by atoms with Crippen LogP contribution in [0.4, 0.5) is 5.82 Å². The van der Waals surface area contributed by atoms with E-state index in [4.69, 9.17) is 28.9 Å². The smallest absolute Gasteiger partial charge is 0.253 e. The monoisotopic (exact) mass is 372 g/mol. The fourth-order valence-electron chi connectivity index (χ4n) is 1.77. The molecule has 0 atom stereocenters. The van der Waals surface area contributed by atoms with Crippen molar-refractivity contribution in [2.45, 2.75) is 11.6 Å². The SMILES string of the molecule is Nc1cc(=O)[nH]c(SCC(=O)NCCc2ccc(Cl)cc2Cl)n1. The summed E-state index contributed by atoms with van der Waals surface area (Å²) in [7, 11) is 0. The molecule has 23 heavy (non-hydrogen) atoms. The van der Waals surface area contributed by atoms with E-state index in [9.17, 15) is 9.59 Å². The molecular weight excluding hydrogens is 359 g/mol. The van der Waals surface area contributed by atoms with Gasteiger partial charge in [-0.25, -0.2) is 4.98 Å². The number of nitrogen functional groups attached to an aromatic ring is 1. The highest BCUT2D eigenvalue weighted by molar-refractivity contribution is 7.99. The van der Waals surface area contributed by atoms with E-state index in [1.165, 1.54) is 6.07 Å². The summed E-state index contributed by atoms with van der Waals surface area (Å²) < 4.78 is 0. The Bertz CT molecular complexity index is 767. The number of benzene rings is 1. The van der Waals surface area contributed by atoms with Crippen LogP contribution in [0, 0.1) is 0 Å². The lowest BCUT2D eigenvalue weighted by atomic mass is 10.1. The standard InChI is InChI=1S/C14H14Cl2N4O2S/c15-9-2-1-8(10(16)5-9)3-4-18-13(22)7-23-14-19-11(17)6-12(21)20-14/h1-2,5-6H,3-4,7H2,(H,18,22)(H3,17,19,20,21). The Morgan fingerprint density at radius 1 is 1.35 bits per heavy atom. The number of anilines is 1. The number of halogens is 2. The van der Waals surface area contributed by atoms with E-state index in [-0.39, 0.29) is 23.0 Å². The molecule has 122 valence electrons. The van der Waals surface area contributed by atoms with Crippen molar-refractivity contribution in [3.63, 3.8) is 0 Å². The molecule has 0 fully saturated rings. The summed E-state index contributed by atoms with van der Waals surface area (Å²) in [5, 5.41) is 4.22. The van der Waals surface area contributed by atoms with Gasteiger partial charge < -0.3 is 16.0 Å². The average Bonchev–Trinajstić information content (AvgIpc) is 2.46. The molecular formula is C14H14Cl2N4O2S. The number of nitrogens with one attached hydrogen (secondary N) is 2. The molecule has 0 aliphatic carbocycles. The predicted octanol–water partition coefficient (Wildman–Crippen LogP) is 2.11. The minimum Gasteiger partial charge on any atom is -0.383 e. The van der Waals surface area contributed by atoms with Crippen molar-refractivity contribution in [2.24, 2.45) is 0 Å². The van der Waals surface area contributed by atoms with Crippen LogP contribution >= 0.6 is 35.0 Å². The molecule has 0 saturated heterocycles. The second kappa shape index (κ2) is 8.24. The van der Waals surface area contributed by atoms with E-state index in [2.05, 4.69) is 15.3 Å². The van der Waals surface area contributed by atoms with Crippen molar-refractivity contribution in [3.8, 4) is 0 Å². The van der Waals surface area contributed by atoms with E-state index in [1.807, 2.05) is 6.07 Å². The maximum Gasteiger partial charge on any atom is 0.253 e. The van der Waals surface area contributed by atoms with Crippen molar-refractivity contribution in [1.82, 2.24) is 15.3 Å². The third kappa shape index (κ3) is 5.78. The van der Waals surface area contributed by atoms with Gasteiger partial charge in [0.2, 0.25) is 5.91 Å².